The minimum Gasteiger partial charge on any atom is -0.459 e. The summed E-state index contributed by atoms with van der Waals surface area (Å²) >= 11 is 0. The van der Waals surface area contributed by atoms with Crippen LogP contribution in [0.5, 0.6) is 0 Å². The summed E-state index contributed by atoms with van der Waals surface area (Å²) < 4.78 is 46.3. The maximum Gasteiger partial charge on any atom is 0.416 e. The monoisotopic (exact) mass is 510 g/mol. The van der Waals surface area contributed by atoms with Crippen LogP contribution in [0.1, 0.15) is 27.2 Å². The van der Waals surface area contributed by atoms with Crippen LogP contribution in [0.15, 0.2) is 59.4 Å². The average molecular weight is 510 g/mol. The number of furan rings is 1. The average Bonchev–Trinajstić information content (AvgIpc) is 3.58. The van der Waals surface area contributed by atoms with E-state index in [9.17, 15) is 28.0 Å². The van der Waals surface area contributed by atoms with Gasteiger partial charge in [0, 0.05) is 38.3 Å². The van der Waals surface area contributed by atoms with E-state index in [1.807, 2.05) is 11.0 Å². The van der Waals surface area contributed by atoms with Crippen molar-refractivity contribution in [3.8, 4) is 6.07 Å². The Bertz CT molecular complexity index is 1400. The number of fused-ring (bicyclic) bond motifs is 1. The second-order valence-electron chi connectivity index (χ2n) is 8.62. The number of hydrogen-bond acceptors (Lipinski definition) is 6. The van der Waals surface area contributed by atoms with Crippen LogP contribution in [0.2, 0.25) is 0 Å². The Labute approximate surface area is 209 Å². The molecule has 37 heavy (non-hydrogen) atoms. The molecule has 0 N–H and O–H groups in total. The molecule has 0 unspecified atom stereocenters. The molecule has 2 aliphatic heterocycles. The van der Waals surface area contributed by atoms with Gasteiger partial charge in [0.05, 0.1) is 30.3 Å². The topological polar surface area (TPSA) is 98.6 Å². The summed E-state index contributed by atoms with van der Waals surface area (Å²) in [7, 11) is 0. The summed E-state index contributed by atoms with van der Waals surface area (Å²) in [6.45, 7) is 1.91. The highest BCUT2D eigenvalue weighted by atomic mass is 19.4. The molecule has 0 spiro atoms. The number of benzene rings is 1. The molecule has 0 saturated carbocycles. The maximum absolute atomic E-state index is 13.3. The third-order valence-corrected chi connectivity index (χ3v) is 6.35. The Balaban J connectivity index is 1.31. The van der Waals surface area contributed by atoms with E-state index in [-0.39, 0.29) is 47.6 Å². The first-order valence-corrected chi connectivity index (χ1v) is 11.5. The van der Waals surface area contributed by atoms with Crippen LogP contribution in [0.25, 0.3) is 5.70 Å². The van der Waals surface area contributed by atoms with E-state index in [1.165, 1.54) is 34.2 Å². The van der Waals surface area contributed by atoms with Gasteiger partial charge in [-0.05, 0) is 30.3 Å². The van der Waals surface area contributed by atoms with Crippen molar-refractivity contribution in [1.82, 2.24) is 19.6 Å². The van der Waals surface area contributed by atoms with E-state index in [4.69, 9.17) is 4.42 Å². The Kier molecular flexibility index (Phi) is 6.31. The first kappa shape index (κ1) is 24.3. The van der Waals surface area contributed by atoms with Crippen molar-refractivity contribution in [2.24, 2.45) is 0 Å². The van der Waals surface area contributed by atoms with Gasteiger partial charge < -0.3 is 9.32 Å². The molecule has 3 aromatic rings. The van der Waals surface area contributed by atoms with Gasteiger partial charge in [0.2, 0.25) is 5.91 Å². The minimum atomic E-state index is -4.51. The molecule has 2 aromatic heterocycles. The molecule has 1 saturated heterocycles. The lowest BCUT2D eigenvalue weighted by molar-refractivity contribution is -0.137. The molecular formula is C25H21F3N6O3. The fourth-order valence-corrected chi connectivity index (χ4v) is 4.46. The molecule has 4 heterocycles. The van der Waals surface area contributed by atoms with Crippen molar-refractivity contribution < 1.29 is 27.2 Å². The van der Waals surface area contributed by atoms with Gasteiger partial charge in [0.25, 0.3) is 5.91 Å². The van der Waals surface area contributed by atoms with Gasteiger partial charge in [-0.3, -0.25) is 19.4 Å². The highest BCUT2D eigenvalue weighted by Crippen LogP contribution is 2.34. The third-order valence-electron chi connectivity index (χ3n) is 6.35. The van der Waals surface area contributed by atoms with Gasteiger partial charge in [0.15, 0.2) is 11.6 Å². The van der Waals surface area contributed by atoms with Crippen molar-refractivity contribution in [2.45, 2.75) is 6.18 Å². The van der Waals surface area contributed by atoms with Gasteiger partial charge in [-0.2, -0.15) is 23.5 Å². The van der Waals surface area contributed by atoms with Crippen LogP contribution >= 0.6 is 0 Å². The quantitative estimate of drug-likeness (QED) is 0.535. The van der Waals surface area contributed by atoms with Gasteiger partial charge in [0.1, 0.15) is 11.6 Å². The largest absolute Gasteiger partial charge is 0.459 e. The molecule has 5 rings (SSSR count). The molecule has 2 aliphatic rings. The first-order chi connectivity index (χ1) is 17.8. The maximum atomic E-state index is 13.3. The lowest BCUT2D eigenvalue weighted by atomic mass is 10.1. The fourth-order valence-electron chi connectivity index (χ4n) is 4.46. The molecule has 190 valence electrons. The second-order valence-corrected chi connectivity index (χ2v) is 8.62. The number of amides is 2. The number of nitriles is 1. The Morgan fingerprint density at radius 1 is 1.11 bits per heavy atom. The number of rotatable bonds is 4. The zero-order chi connectivity index (χ0) is 26.2. The molecule has 12 heteroatoms. The van der Waals surface area contributed by atoms with E-state index in [0.29, 0.717) is 31.9 Å². The SMILES string of the molecule is N#Cc1cnn2c1N(C(=O)CN1CCN(C(=O)c3ccco3)CC1)CC=C2c1cccc(C(F)(F)F)c1. The van der Waals surface area contributed by atoms with E-state index in [1.54, 1.807) is 23.1 Å². The molecule has 2 amide bonds. The lowest BCUT2D eigenvalue weighted by Gasteiger charge is -2.35. The zero-order valence-electron chi connectivity index (χ0n) is 19.5. The number of nitrogens with zero attached hydrogens (tertiary/aromatic N) is 6. The van der Waals surface area contributed by atoms with Crippen LogP contribution < -0.4 is 4.90 Å². The fraction of sp³-hybridized carbons (Fsp3) is 0.280. The predicted molar refractivity (Wildman–Crippen MR) is 125 cm³/mol. The van der Waals surface area contributed by atoms with Crippen LogP contribution in [-0.2, 0) is 11.0 Å². The van der Waals surface area contributed by atoms with E-state index >= 15 is 0 Å². The molecule has 0 aliphatic carbocycles. The number of anilines is 1. The molecule has 0 radical (unpaired) electrons. The number of piperazine rings is 1. The lowest BCUT2D eigenvalue weighted by Crippen LogP contribution is -2.52. The normalized spacial score (nSPS) is 16.2. The Morgan fingerprint density at radius 2 is 1.89 bits per heavy atom. The molecule has 1 aromatic carbocycles. The highest BCUT2D eigenvalue weighted by molar-refractivity contribution is 5.97. The number of aromatic nitrogens is 2. The molecule has 0 atom stereocenters. The highest BCUT2D eigenvalue weighted by Gasteiger charge is 2.33. The van der Waals surface area contributed by atoms with Crippen LogP contribution in [0.3, 0.4) is 0 Å². The summed E-state index contributed by atoms with van der Waals surface area (Å²) in [4.78, 5) is 30.7. The van der Waals surface area contributed by atoms with E-state index in [0.717, 1.165) is 12.1 Å². The number of hydrogen-bond donors (Lipinski definition) is 0. The first-order valence-electron chi connectivity index (χ1n) is 11.5. The van der Waals surface area contributed by atoms with Crippen molar-refractivity contribution in [2.75, 3.05) is 44.2 Å². The summed E-state index contributed by atoms with van der Waals surface area (Å²) in [6.07, 6.45) is -0.158. The summed E-state index contributed by atoms with van der Waals surface area (Å²) in [6, 6.07) is 10.1. The van der Waals surface area contributed by atoms with Gasteiger partial charge in [-0.15, -0.1) is 0 Å². The summed E-state index contributed by atoms with van der Waals surface area (Å²) in [5, 5.41) is 13.8. The number of alkyl halides is 3. The molecular weight excluding hydrogens is 489 g/mol. The van der Waals surface area contributed by atoms with Gasteiger partial charge in [-0.1, -0.05) is 12.1 Å². The van der Waals surface area contributed by atoms with Crippen molar-refractivity contribution in [3.63, 3.8) is 0 Å². The van der Waals surface area contributed by atoms with Crippen LogP contribution in [0, 0.1) is 11.3 Å². The second kappa shape index (κ2) is 9.59. The standard InChI is InChI=1S/C25H21F3N6O3/c26-25(27,28)19-4-1-3-17(13-19)20-6-7-33(23-18(14-29)15-30-34(20)23)22(35)16-31-8-10-32(11-9-31)24(36)21-5-2-12-37-21/h1-6,12-13,15H,7-11,16H2. The molecule has 0 bridgehead atoms. The van der Waals surface area contributed by atoms with Gasteiger partial charge in [-0.25, -0.2) is 4.68 Å². The zero-order valence-corrected chi connectivity index (χ0v) is 19.5. The van der Waals surface area contributed by atoms with Crippen molar-refractivity contribution >= 4 is 23.3 Å². The summed E-state index contributed by atoms with van der Waals surface area (Å²) in [5.74, 6) is -0.0159. The van der Waals surface area contributed by atoms with Crippen molar-refractivity contribution in [1.29, 1.82) is 5.26 Å². The Hall–Kier alpha value is -4.37. The minimum absolute atomic E-state index is 0.0472. The molecule has 1 fully saturated rings. The van der Waals surface area contributed by atoms with Gasteiger partial charge >= 0.3 is 6.18 Å². The number of carbonyl (C=O) groups is 2. The third kappa shape index (κ3) is 4.73. The smallest absolute Gasteiger partial charge is 0.416 e. The molecule has 9 nitrogen and oxygen atoms in total. The van der Waals surface area contributed by atoms with Crippen LogP contribution in [0.4, 0.5) is 19.0 Å². The van der Waals surface area contributed by atoms with E-state index < -0.39 is 11.7 Å². The number of halogens is 3. The summed E-state index contributed by atoms with van der Waals surface area (Å²) in [5.41, 5.74) is -0.0344. The Morgan fingerprint density at radius 3 is 2.57 bits per heavy atom. The van der Waals surface area contributed by atoms with Crippen molar-refractivity contribution in [3.05, 3.63) is 77.4 Å². The number of carbonyl (C=O) groups excluding carboxylic acids is 2. The predicted octanol–water partition coefficient (Wildman–Crippen LogP) is 3.06. The van der Waals surface area contributed by atoms with E-state index in [2.05, 4.69) is 5.10 Å². The van der Waals surface area contributed by atoms with Crippen LogP contribution in [-0.4, -0.2) is 70.7 Å².